The second-order valence-electron chi connectivity index (χ2n) is 5.86. The highest BCUT2D eigenvalue weighted by Gasteiger charge is 2.23. The highest BCUT2D eigenvalue weighted by molar-refractivity contribution is 7.10. The number of nitrogens with one attached hydrogen (secondary N) is 1. The lowest BCUT2D eigenvalue weighted by Gasteiger charge is -2.27. The van der Waals surface area contributed by atoms with Gasteiger partial charge in [-0.25, -0.2) is 4.98 Å². The molecule has 5 heteroatoms. The smallest absolute Gasteiger partial charge is 0.131 e. The molecule has 20 heavy (non-hydrogen) atoms. The molecule has 0 aromatic carbocycles. The van der Waals surface area contributed by atoms with Crippen molar-refractivity contribution in [3.8, 4) is 0 Å². The van der Waals surface area contributed by atoms with Crippen molar-refractivity contribution < 1.29 is 5.11 Å². The van der Waals surface area contributed by atoms with Crippen molar-refractivity contribution in [2.45, 2.75) is 26.3 Å². The summed E-state index contributed by atoms with van der Waals surface area (Å²) in [6, 6.07) is 4.31. The first-order chi connectivity index (χ1) is 9.53. The maximum absolute atomic E-state index is 9.14. The fraction of sp³-hybridized carbons (Fsp3) is 0.533. The van der Waals surface area contributed by atoms with Gasteiger partial charge in [0.05, 0.1) is 0 Å². The normalized spacial score (nSPS) is 13.6. The number of thiophene rings is 1. The average Bonchev–Trinajstić information content (AvgIpc) is 3.02. The number of aryl methyl sites for hydroxylation is 1. The summed E-state index contributed by atoms with van der Waals surface area (Å²) in [6.45, 7) is 5.39. The van der Waals surface area contributed by atoms with Crippen LogP contribution in [0.15, 0.2) is 29.9 Å². The van der Waals surface area contributed by atoms with E-state index in [1.807, 2.05) is 19.4 Å². The number of nitrogens with zero attached hydrogens (tertiary/aromatic N) is 2. The van der Waals surface area contributed by atoms with Gasteiger partial charge in [-0.3, -0.25) is 0 Å². The number of hydrogen-bond donors (Lipinski definition) is 2. The number of imidazole rings is 1. The van der Waals surface area contributed by atoms with Crippen LogP contribution < -0.4 is 5.32 Å². The Kier molecular flexibility index (Phi) is 4.96. The van der Waals surface area contributed by atoms with Crippen LogP contribution in [0.3, 0.4) is 0 Å². The molecule has 0 radical (unpaired) electrons. The molecule has 4 nitrogen and oxygen atoms in total. The van der Waals surface area contributed by atoms with E-state index < -0.39 is 0 Å². The van der Waals surface area contributed by atoms with Crippen LogP contribution in [-0.2, 0) is 7.05 Å². The SMILES string of the molecule is Cn1ccnc1C(NCC(C)(C)CCO)c1cccs1. The van der Waals surface area contributed by atoms with E-state index in [4.69, 9.17) is 5.11 Å². The zero-order chi connectivity index (χ0) is 14.6. The predicted molar refractivity (Wildman–Crippen MR) is 82.9 cm³/mol. The summed E-state index contributed by atoms with van der Waals surface area (Å²) in [6.07, 6.45) is 4.59. The molecule has 0 amide bonds. The van der Waals surface area contributed by atoms with Gasteiger partial charge in [-0.2, -0.15) is 0 Å². The Hall–Kier alpha value is -1.17. The molecule has 0 aliphatic rings. The van der Waals surface area contributed by atoms with Crippen molar-refractivity contribution in [1.29, 1.82) is 0 Å². The molecule has 2 N–H and O–H groups in total. The van der Waals surface area contributed by atoms with E-state index in [0.717, 1.165) is 18.8 Å². The number of rotatable bonds is 7. The summed E-state index contributed by atoms with van der Waals surface area (Å²) >= 11 is 1.74. The predicted octanol–water partition coefficient (Wildman–Crippen LogP) is 2.57. The van der Waals surface area contributed by atoms with E-state index in [9.17, 15) is 0 Å². The Morgan fingerprint density at radius 2 is 2.30 bits per heavy atom. The molecule has 0 saturated carbocycles. The van der Waals surface area contributed by atoms with Gasteiger partial charge in [0.15, 0.2) is 0 Å². The molecule has 0 aliphatic carbocycles. The first-order valence-electron chi connectivity index (χ1n) is 6.88. The van der Waals surface area contributed by atoms with E-state index >= 15 is 0 Å². The molecule has 110 valence electrons. The van der Waals surface area contributed by atoms with E-state index in [1.54, 1.807) is 11.3 Å². The van der Waals surface area contributed by atoms with Crippen LogP contribution in [0.4, 0.5) is 0 Å². The van der Waals surface area contributed by atoms with Crippen molar-refractivity contribution in [3.05, 3.63) is 40.6 Å². The Balaban J connectivity index is 2.15. The summed E-state index contributed by atoms with van der Waals surface area (Å²) in [5.74, 6) is 1.02. The first-order valence-corrected chi connectivity index (χ1v) is 7.76. The molecular formula is C15H23N3OS. The number of aromatic nitrogens is 2. The molecule has 2 heterocycles. The number of hydrogen-bond acceptors (Lipinski definition) is 4. The van der Waals surface area contributed by atoms with Crippen LogP contribution >= 0.6 is 11.3 Å². The largest absolute Gasteiger partial charge is 0.396 e. The molecule has 2 aromatic heterocycles. The Morgan fingerprint density at radius 1 is 1.50 bits per heavy atom. The number of aliphatic hydroxyl groups excluding tert-OH is 1. The Labute approximate surface area is 124 Å². The monoisotopic (exact) mass is 293 g/mol. The molecule has 2 aromatic rings. The van der Waals surface area contributed by atoms with Crippen LogP contribution in [0.2, 0.25) is 0 Å². The molecule has 0 saturated heterocycles. The number of aliphatic hydroxyl groups is 1. The molecule has 0 spiro atoms. The van der Waals surface area contributed by atoms with Crippen LogP contribution in [0.25, 0.3) is 0 Å². The molecule has 1 unspecified atom stereocenters. The third-order valence-corrected chi connectivity index (χ3v) is 4.45. The van der Waals surface area contributed by atoms with Gasteiger partial charge >= 0.3 is 0 Å². The van der Waals surface area contributed by atoms with Gasteiger partial charge in [0.25, 0.3) is 0 Å². The minimum Gasteiger partial charge on any atom is -0.396 e. The van der Waals surface area contributed by atoms with Gasteiger partial charge in [0.2, 0.25) is 0 Å². The quantitative estimate of drug-likeness (QED) is 0.825. The molecule has 0 aliphatic heterocycles. The van der Waals surface area contributed by atoms with E-state index in [2.05, 4.69) is 46.2 Å². The van der Waals surface area contributed by atoms with Crippen molar-refractivity contribution in [1.82, 2.24) is 14.9 Å². The van der Waals surface area contributed by atoms with Crippen molar-refractivity contribution in [2.24, 2.45) is 12.5 Å². The van der Waals surface area contributed by atoms with E-state index in [0.29, 0.717) is 0 Å². The summed E-state index contributed by atoms with van der Waals surface area (Å²) in [7, 11) is 2.02. The first kappa shape index (κ1) is 15.2. The standard InChI is InChI=1S/C15H23N3OS/c1-15(2,6-9-19)11-17-13(12-5-4-10-20-12)14-16-7-8-18(14)3/h4-5,7-8,10,13,17,19H,6,9,11H2,1-3H3. The molecule has 0 bridgehead atoms. The third kappa shape index (κ3) is 3.69. The van der Waals surface area contributed by atoms with Crippen LogP contribution in [0.1, 0.15) is 37.0 Å². The van der Waals surface area contributed by atoms with Gasteiger partial charge in [-0.1, -0.05) is 19.9 Å². The van der Waals surface area contributed by atoms with Gasteiger partial charge in [0, 0.05) is 37.5 Å². The minimum absolute atomic E-state index is 0.0649. The highest BCUT2D eigenvalue weighted by atomic mass is 32.1. The van der Waals surface area contributed by atoms with Gasteiger partial charge in [-0.15, -0.1) is 11.3 Å². The lowest BCUT2D eigenvalue weighted by molar-refractivity contribution is 0.204. The fourth-order valence-corrected chi connectivity index (χ4v) is 3.00. The highest BCUT2D eigenvalue weighted by Crippen LogP contribution is 2.27. The summed E-state index contributed by atoms with van der Waals surface area (Å²) in [5.41, 5.74) is 0.0649. The summed E-state index contributed by atoms with van der Waals surface area (Å²) < 4.78 is 2.05. The van der Waals surface area contributed by atoms with Crippen molar-refractivity contribution in [3.63, 3.8) is 0 Å². The van der Waals surface area contributed by atoms with Crippen LogP contribution in [0, 0.1) is 5.41 Å². The van der Waals surface area contributed by atoms with E-state index in [-0.39, 0.29) is 18.1 Å². The summed E-state index contributed by atoms with van der Waals surface area (Å²) in [5, 5.41) is 14.8. The lowest BCUT2D eigenvalue weighted by atomic mass is 9.89. The van der Waals surface area contributed by atoms with Crippen molar-refractivity contribution in [2.75, 3.05) is 13.2 Å². The Bertz CT molecular complexity index is 519. The van der Waals surface area contributed by atoms with Crippen molar-refractivity contribution >= 4 is 11.3 Å². The average molecular weight is 293 g/mol. The van der Waals surface area contributed by atoms with E-state index in [1.165, 1.54) is 4.88 Å². The molecule has 0 fully saturated rings. The summed E-state index contributed by atoms with van der Waals surface area (Å²) in [4.78, 5) is 5.74. The van der Waals surface area contributed by atoms with Gasteiger partial charge in [0.1, 0.15) is 11.9 Å². The maximum Gasteiger partial charge on any atom is 0.131 e. The molecular weight excluding hydrogens is 270 g/mol. The van der Waals surface area contributed by atoms with Crippen LogP contribution in [0.5, 0.6) is 0 Å². The van der Waals surface area contributed by atoms with Crippen LogP contribution in [-0.4, -0.2) is 27.8 Å². The topological polar surface area (TPSA) is 50.1 Å². The third-order valence-electron chi connectivity index (χ3n) is 3.52. The minimum atomic E-state index is 0.0649. The molecule has 2 rings (SSSR count). The lowest BCUT2D eigenvalue weighted by Crippen LogP contribution is -2.34. The molecule has 1 atom stereocenters. The fourth-order valence-electron chi connectivity index (χ4n) is 2.20. The Morgan fingerprint density at radius 3 is 2.85 bits per heavy atom. The maximum atomic E-state index is 9.14. The zero-order valence-corrected chi connectivity index (χ0v) is 13.2. The zero-order valence-electron chi connectivity index (χ0n) is 12.3. The van der Waals surface area contributed by atoms with Gasteiger partial charge in [-0.05, 0) is 23.3 Å². The second kappa shape index (κ2) is 6.52. The second-order valence-corrected chi connectivity index (χ2v) is 6.84. The van der Waals surface area contributed by atoms with Gasteiger partial charge < -0.3 is 15.0 Å².